The maximum absolute atomic E-state index is 12.5. The van der Waals surface area contributed by atoms with E-state index in [1.54, 1.807) is 54.6 Å². The fourth-order valence-electron chi connectivity index (χ4n) is 2.88. The summed E-state index contributed by atoms with van der Waals surface area (Å²) in [4.78, 5) is 28.7. The summed E-state index contributed by atoms with van der Waals surface area (Å²) in [7, 11) is 0. The number of amides is 1. The number of hydrogen-bond acceptors (Lipinski definition) is 4. The van der Waals surface area contributed by atoms with Crippen LogP contribution >= 0.6 is 11.6 Å². The number of para-hydroxylation sites is 3. The van der Waals surface area contributed by atoms with E-state index in [4.69, 9.17) is 16.3 Å². The van der Waals surface area contributed by atoms with Crippen molar-refractivity contribution in [2.75, 3.05) is 5.32 Å². The molecular formula is C22H16ClN3O3. The lowest BCUT2D eigenvalue weighted by Crippen LogP contribution is -2.27. The average molecular weight is 406 g/mol. The van der Waals surface area contributed by atoms with Crippen LogP contribution in [-0.4, -0.2) is 15.5 Å². The Morgan fingerprint density at radius 2 is 1.72 bits per heavy atom. The van der Waals surface area contributed by atoms with Gasteiger partial charge in [0, 0.05) is 5.69 Å². The molecule has 0 spiro atoms. The Hall–Kier alpha value is -3.64. The first kappa shape index (κ1) is 18.7. The Morgan fingerprint density at radius 1 is 1.00 bits per heavy atom. The quantitative estimate of drug-likeness (QED) is 0.531. The normalized spacial score (nSPS) is 10.7. The van der Waals surface area contributed by atoms with Crippen LogP contribution in [0.15, 0.2) is 83.8 Å². The number of hydrogen-bond donors (Lipinski definition) is 1. The van der Waals surface area contributed by atoms with Gasteiger partial charge in [-0.05, 0) is 48.5 Å². The Labute approximate surface area is 171 Å². The van der Waals surface area contributed by atoms with E-state index < -0.39 is 0 Å². The minimum Gasteiger partial charge on any atom is -0.456 e. The van der Waals surface area contributed by atoms with E-state index in [-0.39, 0.29) is 18.0 Å². The van der Waals surface area contributed by atoms with Gasteiger partial charge >= 0.3 is 0 Å². The molecule has 0 fully saturated rings. The standard InChI is InChI=1S/C22H16ClN3O3/c23-17-5-1-4-8-20(17)29-16-11-9-15(10-12-16)25-21(27)14-26-19-7-3-2-6-18(19)24-13-22(26)28/h1-13H,14H2,(H,25,27). The van der Waals surface area contributed by atoms with Crippen molar-refractivity contribution in [3.05, 3.63) is 94.4 Å². The number of halogens is 1. The largest absolute Gasteiger partial charge is 0.456 e. The van der Waals surface area contributed by atoms with Crippen molar-refractivity contribution in [1.82, 2.24) is 9.55 Å². The minimum absolute atomic E-state index is 0.111. The van der Waals surface area contributed by atoms with Crippen LogP contribution in [0.4, 0.5) is 5.69 Å². The zero-order valence-corrected chi connectivity index (χ0v) is 16.0. The Balaban J connectivity index is 1.46. The number of nitrogens with zero attached hydrogens (tertiary/aromatic N) is 2. The maximum atomic E-state index is 12.5. The van der Waals surface area contributed by atoms with Gasteiger partial charge in [0.2, 0.25) is 5.91 Å². The van der Waals surface area contributed by atoms with E-state index in [0.29, 0.717) is 33.2 Å². The summed E-state index contributed by atoms with van der Waals surface area (Å²) in [5, 5.41) is 3.30. The molecule has 0 atom stereocenters. The van der Waals surface area contributed by atoms with Gasteiger partial charge in [-0.3, -0.25) is 14.2 Å². The van der Waals surface area contributed by atoms with Gasteiger partial charge in [-0.15, -0.1) is 0 Å². The predicted octanol–water partition coefficient (Wildman–Crippen LogP) is 4.48. The number of ether oxygens (including phenoxy) is 1. The van der Waals surface area contributed by atoms with Crippen molar-refractivity contribution in [2.45, 2.75) is 6.54 Å². The molecule has 7 heteroatoms. The van der Waals surface area contributed by atoms with Crippen LogP contribution in [0.3, 0.4) is 0 Å². The minimum atomic E-state index is -0.331. The SMILES string of the molecule is O=C(Cn1c(=O)cnc2ccccc21)Nc1ccc(Oc2ccccc2Cl)cc1. The summed E-state index contributed by atoms with van der Waals surface area (Å²) in [6, 6.07) is 21.3. The van der Waals surface area contributed by atoms with E-state index in [9.17, 15) is 9.59 Å². The molecule has 1 aromatic heterocycles. The fourth-order valence-corrected chi connectivity index (χ4v) is 3.06. The van der Waals surface area contributed by atoms with Gasteiger partial charge in [0.1, 0.15) is 18.0 Å². The molecular weight excluding hydrogens is 390 g/mol. The molecule has 3 aromatic carbocycles. The Kier molecular flexibility index (Phi) is 5.27. The number of carbonyl (C=O) groups is 1. The second-order valence-corrected chi connectivity index (χ2v) is 6.68. The average Bonchev–Trinajstić information content (AvgIpc) is 2.73. The molecule has 0 saturated carbocycles. The Bertz CT molecular complexity index is 1240. The molecule has 6 nitrogen and oxygen atoms in total. The van der Waals surface area contributed by atoms with Crippen molar-refractivity contribution in [3.8, 4) is 11.5 Å². The molecule has 1 amide bonds. The highest BCUT2D eigenvalue weighted by Crippen LogP contribution is 2.29. The van der Waals surface area contributed by atoms with Crippen molar-refractivity contribution in [3.63, 3.8) is 0 Å². The van der Waals surface area contributed by atoms with Gasteiger partial charge < -0.3 is 10.1 Å². The molecule has 29 heavy (non-hydrogen) atoms. The van der Waals surface area contributed by atoms with Gasteiger partial charge in [0.15, 0.2) is 0 Å². The molecule has 0 radical (unpaired) electrons. The summed E-state index contributed by atoms with van der Waals surface area (Å²) in [6.07, 6.45) is 1.22. The maximum Gasteiger partial charge on any atom is 0.269 e. The topological polar surface area (TPSA) is 73.2 Å². The summed E-state index contributed by atoms with van der Waals surface area (Å²) >= 11 is 6.09. The van der Waals surface area contributed by atoms with Crippen LogP contribution in [0.2, 0.25) is 5.02 Å². The molecule has 0 bridgehead atoms. The molecule has 1 heterocycles. The number of benzene rings is 3. The van der Waals surface area contributed by atoms with Crippen LogP contribution in [0.25, 0.3) is 11.0 Å². The van der Waals surface area contributed by atoms with Crippen molar-refractivity contribution in [2.24, 2.45) is 0 Å². The van der Waals surface area contributed by atoms with Crippen LogP contribution < -0.4 is 15.6 Å². The lowest BCUT2D eigenvalue weighted by molar-refractivity contribution is -0.116. The van der Waals surface area contributed by atoms with E-state index in [2.05, 4.69) is 10.3 Å². The number of rotatable bonds is 5. The third-order valence-electron chi connectivity index (χ3n) is 4.26. The first-order valence-electron chi connectivity index (χ1n) is 8.87. The van der Waals surface area contributed by atoms with E-state index in [0.717, 1.165) is 0 Å². The monoisotopic (exact) mass is 405 g/mol. The summed E-state index contributed by atoms with van der Waals surface area (Å²) < 4.78 is 7.13. The third-order valence-corrected chi connectivity index (χ3v) is 4.57. The van der Waals surface area contributed by atoms with Crippen LogP contribution in [0.5, 0.6) is 11.5 Å². The van der Waals surface area contributed by atoms with Crippen LogP contribution in [-0.2, 0) is 11.3 Å². The second-order valence-electron chi connectivity index (χ2n) is 6.28. The van der Waals surface area contributed by atoms with Crippen molar-refractivity contribution in [1.29, 1.82) is 0 Å². The molecule has 0 aliphatic carbocycles. The molecule has 1 N–H and O–H groups in total. The van der Waals surface area contributed by atoms with Crippen LogP contribution in [0.1, 0.15) is 0 Å². The fraction of sp³-hybridized carbons (Fsp3) is 0.0455. The van der Waals surface area contributed by atoms with E-state index in [1.807, 2.05) is 18.2 Å². The smallest absolute Gasteiger partial charge is 0.269 e. The summed E-state index contributed by atoms with van der Waals surface area (Å²) in [6.45, 7) is -0.111. The molecule has 0 saturated heterocycles. The number of aromatic nitrogens is 2. The highest BCUT2D eigenvalue weighted by molar-refractivity contribution is 6.32. The molecule has 0 unspecified atom stereocenters. The predicted molar refractivity (Wildman–Crippen MR) is 113 cm³/mol. The number of carbonyl (C=O) groups excluding carboxylic acids is 1. The second kappa shape index (κ2) is 8.16. The zero-order chi connectivity index (χ0) is 20.2. The lowest BCUT2D eigenvalue weighted by atomic mass is 10.3. The summed E-state index contributed by atoms with van der Waals surface area (Å²) in [5.74, 6) is 0.825. The first-order chi connectivity index (χ1) is 14.1. The van der Waals surface area contributed by atoms with Gasteiger partial charge in [0.05, 0.1) is 22.3 Å². The lowest BCUT2D eigenvalue weighted by Gasteiger charge is -2.11. The molecule has 0 aliphatic rings. The molecule has 144 valence electrons. The first-order valence-corrected chi connectivity index (χ1v) is 9.25. The molecule has 4 aromatic rings. The van der Waals surface area contributed by atoms with Crippen molar-refractivity contribution < 1.29 is 9.53 Å². The van der Waals surface area contributed by atoms with E-state index in [1.165, 1.54) is 10.8 Å². The van der Waals surface area contributed by atoms with Gasteiger partial charge in [-0.2, -0.15) is 0 Å². The van der Waals surface area contributed by atoms with Gasteiger partial charge in [-0.25, -0.2) is 4.98 Å². The highest BCUT2D eigenvalue weighted by Gasteiger charge is 2.09. The molecule has 4 rings (SSSR count). The Morgan fingerprint density at radius 3 is 2.52 bits per heavy atom. The highest BCUT2D eigenvalue weighted by atomic mass is 35.5. The third kappa shape index (κ3) is 4.28. The number of nitrogens with one attached hydrogen (secondary N) is 1. The summed E-state index contributed by atoms with van der Waals surface area (Å²) in [5.41, 5.74) is 1.52. The molecule has 0 aliphatic heterocycles. The van der Waals surface area contributed by atoms with Crippen molar-refractivity contribution >= 4 is 34.2 Å². The zero-order valence-electron chi connectivity index (χ0n) is 15.2. The number of anilines is 1. The van der Waals surface area contributed by atoms with Gasteiger partial charge in [-0.1, -0.05) is 35.9 Å². The van der Waals surface area contributed by atoms with Gasteiger partial charge in [0.25, 0.3) is 5.56 Å². The van der Waals surface area contributed by atoms with Crippen LogP contribution in [0, 0.1) is 0 Å². The number of fused-ring (bicyclic) bond motifs is 1. The van der Waals surface area contributed by atoms with E-state index >= 15 is 0 Å².